The van der Waals surface area contributed by atoms with Crippen LogP contribution in [0, 0.1) is 11.6 Å². The minimum atomic E-state index is -4.01. The molecule has 0 saturated heterocycles. The second-order valence-electron chi connectivity index (χ2n) is 6.82. The van der Waals surface area contributed by atoms with Crippen LogP contribution >= 0.6 is 10.7 Å². The van der Waals surface area contributed by atoms with Gasteiger partial charge in [-0.2, -0.15) is 0 Å². The van der Waals surface area contributed by atoms with E-state index in [9.17, 15) is 26.8 Å². The van der Waals surface area contributed by atoms with Crippen LogP contribution < -0.4 is 10.6 Å². The van der Waals surface area contributed by atoms with Gasteiger partial charge >= 0.3 is 0 Å². The predicted octanol–water partition coefficient (Wildman–Crippen LogP) is 4.71. The fourth-order valence-corrected chi connectivity index (χ4v) is 3.97. The van der Waals surface area contributed by atoms with Crippen molar-refractivity contribution in [1.82, 2.24) is 0 Å². The van der Waals surface area contributed by atoms with Crippen LogP contribution in [0.4, 0.5) is 20.2 Å². The average molecular weight is 475 g/mol. The highest BCUT2D eigenvalue weighted by Gasteiger charge is 2.30. The molecule has 0 unspecified atom stereocenters. The molecular formula is C22H13ClF2N2O4S. The molecule has 1 heterocycles. The van der Waals surface area contributed by atoms with Crippen LogP contribution in [0.2, 0.25) is 0 Å². The summed E-state index contributed by atoms with van der Waals surface area (Å²) >= 11 is 0. The Morgan fingerprint density at radius 3 is 1.75 bits per heavy atom. The molecular weight excluding hydrogens is 462 g/mol. The molecule has 32 heavy (non-hydrogen) atoms. The van der Waals surface area contributed by atoms with E-state index in [0.717, 1.165) is 24.3 Å². The number of rotatable bonds is 5. The topological polar surface area (TPSA) is 92.3 Å². The Bertz CT molecular complexity index is 1360. The first-order chi connectivity index (χ1) is 15.1. The standard InChI is InChI=1S/C22H13ClF2N2O4S/c23-32(30,31)16-7-5-12(6-8-16)20(28)19(21(29)13-9-14(24)11-15(25)10-13)22-26-17-3-1-2-4-18(17)27-22/h1-11,26-27H. The van der Waals surface area contributed by atoms with Gasteiger partial charge in [-0.05, 0) is 48.5 Å². The van der Waals surface area contributed by atoms with E-state index in [0.29, 0.717) is 17.4 Å². The van der Waals surface area contributed by atoms with Crippen molar-refractivity contribution in [3.63, 3.8) is 0 Å². The number of hydrogen-bond acceptors (Lipinski definition) is 6. The number of carbonyl (C=O) groups is 2. The minimum Gasteiger partial charge on any atom is -0.339 e. The molecule has 0 spiro atoms. The molecule has 3 aromatic carbocycles. The number of ketones is 2. The Kier molecular flexibility index (Phi) is 5.53. The Labute approximate surface area is 185 Å². The lowest BCUT2D eigenvalue weighted by molar-refractivity contribution is 0.0960. The number of fused-ring (bicyclic) bond motifs is 1. The summed E-state index contributed by atoms with van der Waals surface area (Å²) in [4.78, 5) is 26.3. The van der Waals surface area contributed by atoms with Crippen LogP contribution in [0.3, 0.4) is 0 Å². The van der Waals surface area contributed by atoms with Gasteiger partial charge in [-0.1, -0.05) is 12.1 Å². The number of allylic oxidation sites excluding steroid dienone is 1. The molecule has 3 aromatic rings. The highest BCUT2D eigenvalue weighted by atomic mass is 35.7. The largest absolute Gasteiger partial charge is 0.339 e. The van der Waals surface area contributed by atoms with E-state index >= 15 is 0 Å². The maximum atomic E-state index is 13.7. The fourth-order valence-electron chi connectivity index (χ4n) is 3.20. The monoisotopic (exact) mass is 474 g/mol. The molecule has 6 nitrogen and oxygen atoms in total. The van der Waals surface area contributed by atoms with E-state index in [1.54, 1.807) is 24.3 Å². The van der Waals surface area contributed by atoms with E-state index in [1.807, 2.05) is 0 Å². The quantitative estimate of drug-likeness (QED) is 0.183. The van der Waals surface area contributed by atoms with E-state index in [2.05, 4.69) is 10.6 Å². The number of Topliss-reactive ketones (excluding diaryl/α,β-unsaturated/α-hetero) is 2. The molecule has 0 saturated carbocycles. The normalized spacial score (nSPS) is 12.5. The Balaban J connectivity index is 1.82. The number of hydrogen-bond donors (Lipinski definition) is 2. The number of benzene rings is 3. The summed E-state index contributed by atoms with van der Waals surface area (Å²) in [6, 6.07) is 13.8. The van der Waals surface area contributed by atoms with Crippen LogP contribution in [-0.2, 0) is 9.05 Å². The van der Waals surface area contributed by atoms with Gasteiger partial charge in [0, 0.05) is 27.9 Å². The third kappa shape index (κ3) is 4.25. The van der Waals surface area contributed by atoms with Crippen LogP contribution in [0.15, 0.2) is 83.0 Å². The summed E-state index contributed by atoms with van der Waals surface area (Å²) in [7, 11) is 1.29. The average Bonchev–Trinajstić information content (AvgIpc) is 3.16. The Morgan fingerprint density at radius 1 is 0.750 bits per heavy atom. The number of halogens is 3. The summed E-state index contributed by atoms with van der Waals surface area (Å²) in [5, 5.41) is 5.85. The lowest BCUT2D eigenvalue weighted by Crippen LogP contribution is -2.21. The molecule has 1 aliphatic heterocycles. The van der Waals surface area contributed by atoms with Crippen molar-refractivity contribution in [2.75, 3.05) is 10.6 Å². The van der Waals surface area contributed by atoms with E-state index < -0.39 is 37.8 Å². The maximum Gasteiger partial charge on any atom is 0.261 e. The molecule has 0 aromatic heterocycles. The zero-order chi connectivity index (χ0) is 23.0. The SMILES string of the molecule is O=C(C(C(=O)c1cc(F)cc(F)c1)=C1Nc2ccccc2N1)c1ccc(S(=O)(=O)Cl)cc1. The molecule has 0 radical (unpaired) electrons. The fraction of sp³-hybridized carbons (Fsp3) is 0. The second kappa shape index (κ2) is 8.18. The molecule has 2 N–H and O–H groups in total. The minimum absolute atomic E-state index is 0.0265. The molecule has 162 valence electrons. The molecule has 0 bridgehead atoms. The van der Waals surface area contributed by atoms with Crippen molar-refractivity contribution in [3.8, 4) is 0 Å². The summed E-state index contributed by atoms with van der Waals surface area (Å²) in [5.41, 5.74) is 0.385. The summed E-state index contributed by atoms with van der Waals surface area (Å²) in [6.45, 7) is 0. The summed E-state index contributed by atoms with van der Waals surface area (Å²) < 4.78 is 50.4. The number of carbonyl (C=O) groups excluding carboxylic acids is 2. The van der Waals surface area contributed by atoms with Gasteiger partial charge in [-0.3, -0.25) is 9.59 Å². The van der Waals surface area contributed by atoms with Gasteiger partial charge in [0.2, 0.25) is 11.6 Å². The van der Waals surface area contributed by atoms with Gasteiger partial charge in [0.25, 0.3) is 9.05 Å². The lowest BCUT2D eigenvalue weighted by atomic mass is 9.95. The van der Waals surface area contributed by atoms with E-state index in [4.69, 9.17) is 10.7 Å². The maximum absolute atomic E-state index is 13.7. The summed E-state index contributed by atoms with van der Waals surface area (Å²) in [5.74, 6) is -3.64. The van der Waals surface area contributed by atoms with Crippen molar-refractivity contribution in [2.45, 2.75) is 4.90 Å². The zero-order valence-electron chi connectivity index (χ0n) is 16.0. The number of anilines is 2. The first-order valence-electron chi connectivity index (χ1n) is 9.11. The molecule has 0 fully saturated rings. The van der Waals surface area contributed by atoms with Crippen LogP contribution in [0.1, 0.15) is 20.7 Å². The van der Waals surface area contributed by atoms with E-state index in [1.165, 1.54) is 12.1 Å². The number of para-hydroxylation sites is 2. The first-order valence-corrected chi connectivity index (χ1v) is 11.4. The van der Waals surface area contributed by atoms with Crippen molar-refractivity contribution in [1.29, 1.82) is 0 Å². The molecule has 0 aliphatic carbocycles. The second-order valence-corrected chi connectivity index (χ2v) is 9.39. The van der Waals surface area contributed by atoms with Gasteiger partial charge in [0.15, 0.2) is 0 Å². The van der Waals surface area contributed by atoms with Gasteiger partial charge in [0.1, 0.15) is 23.0 Å². The van der Waals surface area contributed by atoms with Gasteiger partial charge in [-0.15, -0.1) is 0 Å². The van der Waals surface area contributed by atoms with Crippen LogP contribution in [0.5, 0.6) is 0 Å². The molecule has 4 rings (SSSR count). The predicted molar refractivity (Wildman–Crippen MR) is 115 cm³/mol. The Hall–Kier alpha value is -3.56. The highest BCUT2D eigenvalue weighted by Crippen LogP contribution is 2.33. The van der Waals surface area contributed by atoms with Crippen LogP contribution in [-0.4, -0.2) is 20.0 Å². The molecule has 1 aliphatic rings. The van der Waals surface area contributed by atoms with Crippen LogP contribution in [0.25, 0.3) is 0 Å². The summed E-state index contributed by atoms with van der Waals surface area (Å²) in [6.07, 6.45) is 0. The smallest absolute Gasteiger partial charge is 0.261 e. The first kappa shape index (κ1) is 21.7. The van der Waals surface area contributed by atoms with Crippen molar-refractivity contribution < 1.29 is 26.8 Å². The third-order valence-electron chi connectivity index (χ3n) is 4.67. The highest BCUT2D eigenvalue weighted by molar-refractivity contribution is 8.13. The van der Waals surface area contributed by atoms with Crippen molar-refractivity contribution in [2.24, 2.45) is 0 Å². The number of nitrogens with one attached hydrogen (secondary N) is 2. The van der Waals surface area contributed by atoms with Crippen molar-refractivity contribution >= 4 is 42.7 Å². The van der Waals surface area contributed by atoms with E-state index in [-0.39, 0.29) is 21.8 Å². The zero-order valence-corrected chi connectivity index (χ0v) is 17.6. The molecule has 0 amide bonds. The Morgan fingerprint density at radius 2 is 1.25 bits per heavy atom. The molecule has 0 atom stereocenters. The third-order valence-corrected chi connectivity index (χ3v) is 6.04. The molecule has 10 heteroatoms. The van der Waals surface area contributed by atoms with Gasteiger partial charge < -0.3 is 10.6 Å². The lowest BCUT2D eigenvalue weighted by Gasteiger charge is -2.11. The van der Waals surface area contributed by atoms with Crippen molar-refractivity contribution in [3.05, 3.63) is 101 Å². The van der Waals surface area contributed by atoms with Gasteiger partial charge in [-0.25, -0.2) is 17.2 Å². The van der Waals surface area contributed by atoms with Gasteiger partial charge in [0.05, 0.1) is 16.3 Å².